The number of rotatable bonds is 3. The first-order valence-electron chi connectivity index (χ1n) is 5.65. The molecule has 1 N–H and O–H groups in total. The molecule has 98 valence electrons. The first-order valence-corrected chi connectivity index (χ1v) is 6.03. The molecule has 0 heterocycles. The second-order valence-electron chi connectivity index (χ2n) is 4.42. The standard InChI is InChI=1S/C12H10ClN3O3/c13-10-6-8(16(18)19)2-3-9(10)11(17)15-12(7-14)4-1-5-12/h2-3,6H,1,4-5H2,(H,15,17). The Labute approximate surface area is 114 Å². The van der Waals surface area contributed by atoms with Crippen molar-refractivity contribution >= 4 is 23.2 Å². The smallest absolute Gasteiger partial charge is 0.270 e. The zero-order chi connectivity index (χ0) is 14.0. The lowest BCUT2D eigenvalue weighted by Crippen LogP contribution is -2.52. The molecule has 1 aliphatic carbocycles. The summed E-state index contributed by atoms with van der Waals surface area (Å²) in [7, 11) is 0. The highest BCUT2D eigenvalue weighted by molar-refractivity contribution is 6.34. The van der Waals surface area contributed by atoms with Crippen LogP contribution in [0, 0.1) is 21.4 Å². The second-order valence-corrected chi connectivity index (χ2v) is 4.83. The number of nitriles is 1. The first-order chi connectivity index (χ1) is 8.97. The number of nitro benzene ring substituents is 1. The molecule has 2 rings (SSSR count). The molecule has 6 nitrogen and oxygen atoms in total. The van der Waals surface area contributed by atoms with Gasteiger partial charge < -0.3 is 5.32 Å². The van der Waals surface area contributed by atoms with E-state index < -0.39 is 16.4 Å². The van der Waals surface area contributed by atoms with E-state index in [1.54, 1.807) is 0 Å². The minimum absolute atomic E-state index is 0.000821. The second kappa shape index (κ2) is 4.86. The highest BCUT2D eigenvalue weighted by Crippen LogP contribution is 2.32. The van der Waals surface area contributed by atoms with Crippen molar-refractivity contribution in [1.82, 2.24) is 5.32 Å². The predicted octanol–water partition coefficient (Wildman–Crippen LogP) is 2.42. The molecule has 0 spiro atoms. The van der Waals surface area contributed by atoms with Crippen LogP contribution >= 0.6 is 11.6 Å². The van der Waals surface area contributed by atoms with Crippen LogP contribution in [0.4, 0.5) is 5.69 Å². The van der Waals surface area contributed by atoms with Gasteiger partial charge in [0, 0.05) is 12.1 Å². The van der Waals surface area contributed by atoms with Crippen LogP contribution in [0.1, 0.15) is 29.6 Å². The monoisotopic (exact) mass is 279 g/mol. The van der Waals surface area contributed by atoms with Crippen LogP contribution in [0.5, 0.6) is 0 Å². The Morgan fingerprint density at radius 1 is 1.53 bits per heavy atom. The molecule has 1 aliphatic rings. The molecular weight excluding hydrogens is 270 g/mol. The van der Waals surface area contributed by atoms with Crippen LogP contribution in [0.3, 0.4) is 0 Å². The third kappa shape index (κ3) is 2.51. The number of carbonyl (C=O) groups excluding carboxylic acids is 1. The maximum Gasteiger partial charge on any atom is 0.270 e. The Morgan fingerprint density at radius 3 is 2.63 bits per heavy atom. The lowest BCUT2D eigenvalue weighted by Gasteiger charge is -2.35. The zero-order valence-electron chi connectivity index (χ0n) is 9.85. The number of hydrogen-bond acceptors (Lipinski definition) is 4. The van der Waals surface area contributed by atoms with Gasteiger partial charge in [0.25, 0.3) is 11.6 Å². The van der Waals surface area contributed by atoms with E-state index in [-0.39, 0.29) is 16.3 Å². The fourth-order valence-corrected chi connectivity index (χ4v) is 2.14. The number of benzene rings is 1. The van der Waals surface area contributed by atoms with E-state index >= 15 is 0 Å². The van der Waals surface area contributed by atoms with Crippen molar-refractivity contribution in [2.45, 2.75) is 24.8 Å². The Morgan fingerprint density at radius 2 is 2.21 bits per heavy atom. The van der Waals surface area contributed by atoms with Gasteiger partial charge in [0.15, 0.2) is 0 Å². The van der Waals surface area contributed by atoms with Gasteiger partial charge in [-0.3, -0.25) is 14.9 Å². The summed E-state index contributed by atoms with van der Waals surface area (Å²) in [5.74, 6) is -0.485. The molecule has 1 amide bonds. The van der Waals surface area contributed by atoms with Crippen molar-refractivity contribution in [3.63, 3.8) is 0 Å². The van der Waals surface area contributed by atoms with E-state index in [9.17, 15) is 14.9 Å². The highest BCUT2D eigenvalue weighted by atomic mass is 35.5. The first kappa shape index (κ1) is 13.3. The number of nitrogens with one attached hydrogen (secondary N) is 1. The Bertz CT molecular complexity index is 590. The maximum atomic E-state index is 12.0. The molecule has 0 bridgehead atoms. The lowest BCUT2D eigenvalue weighted by atomic mass is 9.78. The molecule has 1 aromatic carbocycles. The number of amides is 1. The fraction of sp³-hybridized carbons (Fsp3) is 0.333. The van der Waals surface area contributed by atoms with Crippen LogP contribution in [-0.2, 0) is 0 Å². The van der Waals surface area contributed by atoms with Gasteiger partial charge in [-0.2, -0.15) is 5.26 Å². The van der Waals surface area contributed by atoms with Crippen LogP contribution < -0.4 is 5.32 Å². The zero-order valence-corrected chi connectivity index (χ0v) is 10.6. The number of non-ortho nitro benzene ring substituents is 1. The number of halogens is 1. The summed E-state index contributed by atoms with van der Waals surface area (Å²) in [6, 6.07) is 5.70. The molecule has 0 atom stereocenters. The van der Waals surface area contributed by atoms with E-state index in [2.05, 4.69) is 11.4 Å². The van der Waals surface area contributed by atoms with Crippen molar-refractivity contribution in [3.8, 4) is 6.07 Å². The van der Waals surface area contributed by atoms with Crippen LogP contribution in [0.25, 0.3) is 0 Å². The van der Waals surface area contributed by atoms with Crippen LogP contribution in [0.15, 0.2) is 18.2 Å². The molecule has 0 unspecified atom stereocenters. The molecule has 7 heteroatoms. The van der Waals surface area contributed by atoms with Crippen molar-refractivity contribution in [1.29, 1.82) is 5.26 Å². The largest absolute Gasteiger partial charge is 0.334 e. The summed E-state index contributed by atoms with van der Waals surface area (Å²) >= 11 is 5.85. The SMILES string of the molecule is N#CC1(NC(=O)c2ccc([N+](=O)[O-])cc2Cl)CCC1. The Kier molecular flexibility index (Phi) is 3.40. The molecule has 1 aromatic rings. The molecule has 0 aromatic heterocycles. The third-order valence-corrected chi connectivity index (χ3v) is 3.49. The van der Waals surface area contributed by atoms with E-state index in [0.29, 0.717) is 12.8 Å². The van der Waals surface area contributed by atoms with Crippen LogP contribution in [0.2, 0.25) is 5.02 Å². The summed E-state index contributed by atoms with van der Waals surface area (Å²) in [6.07, 6.45) is 2.11. The van der Waals surface area contributed by atoms with E-state index in [4.69, 9.17) is 16.9 Å². The quantitative estimate of drug-likeness (QED) is 0.679. The highest BCUT2D eigenvalue weighted by Gasteiger charge is 2.39. The molecule has 0 radical (unpaired) electrons. The predicted molar refractivity (Wildman–Crippen MR) is 67.8 cm³/mol. The Hall–Kier alpha value is -2.13. The topological polar surface area (TPSA) is 96.0 Å². The van der Waals surface area contributed by atoms with Gasteiger partial charge in [-0.1, -0.05) is 11.6 Å². The molecule has 0 saturated heterocycles. The van der Waals surface area contributed by atoms with Gasteiger partial charge in [0.1, 0.15) is 5.54 Å². The number of carbonyl (C=O) groups is 1. The summed E-state index contributed by atoms with van der Waals surface area (Å²) < 4.78 is 0. The van der Waals surface area contributed by atoms with Gasteiger partial charge in [-0.25, -0.2) is 0 Å². The lowest BCUT2D eigenvalue weighted by molar-refractivity contribution is -0.384. The average molecular weight is 280 g/mol. The fourth-order valence-electron chi connectivity index (χ4n) is 1.88. The summed E-state index contributed by atoms with van der Waals surface area (Å²) in [5, 5.41) is 22.2. The van der Waals surface area contributed by atoms with Gasteiger partial charge >= 0.3 is 0 Å². The Balaban J connectivity index is 2.20. The molecule has 1 saturated carbocycles. The van der Waals surface area contributed by atoms with Crippen molar-refractivity contribution in [2.75, 3.05) is 0 Å². The maximum absolute atomic E-state index is 12.0. The van der Waals surface area contributed by atoms with E-state index in [1.807, 2.05) is 0 Å². The third-order valence-electron chi connectivity index (χ3n) is 3.18. The number of nitro groups is 1. The summed E-state index contributed by atoms with van der Waals surface area (Å²) in [4.78, 5) is 22.0. The van der Waals surface area contributed by atoms with Crippen molar-refractivity contribution < 1.29 is 9.72 Å². The van der Waals surface area contributed by atoms with Crippen molar-refractivity contribution in [2.24, 2.45) is 0 Å². The van der Waals surface area contributed by atoms with Crippen molar-refractivity contribution in [3.05, 3.63) is 38.9 Å². The molecule has 1 fully saturated rings. The van der Waals surface area contributed by atoms with Gasteiger partial charge in [-0.15, -0.1) is 0 Å². The molecule has 0 aliphatic heterocycles. The minimum Gasteiger partial charge on any atom is -0.334 e. The molecular formula is C12H10ClN3O3. The minimum atomic E-state index is -0.817. The van der Waals surface area contributed by atoms with Gasteiger partial charge in [0.2, 0.25) is 0 Å². The number of nitrogens with zero attached hydrogens (tertiary/aromatic N) is 2. The molecule has 19 heavy (non-hydrogen) atoms. The average Bonchev–Trinajstić information content (AvgIpc) is 2.33. The summed E-state index contributed by atoms with van der Waals surface area (Å²) in [5.41, 5.74) is -0.865. The van der Waals surface area contributed by atoms with E-state index in [1.165, 1.54) is 12.1 Å². The van der Waals surface area contributed by atoms with Gasteiger partial charge in [-0.05, 0) is 25.3 Å². The summed E-state index contributed by atoms with van der Waals surface area (Å²) in [6.45, 7) is 0. The van der Waals surface area contributed by atoms with Crippen LogP contribution in [-0.4, -0.2) is 16.4 Å². The van der Waals surface area contributed by atoms with Gasteiger partial charge in [0.05, 0.1) is 21.6 Å². The normalized spacial score (nSPS) is 16.0. The van der Waals surface area contributed by atoms with E-state index in [0.717, 1.165) is 12.5 Å². The number of hydrogen-bond donors (Lipinski definition) is 1.